The highest BCUT2D eigenvalue weighted by molar-refractivity contribution is 7.98. The molecule has 0 spiro atoms. The number of hydrogen-bond acceptors (Lipinski definition) is 4. The van der Waals surface area contributed by atoms with Crippen molar-refractivity contribution in [1.29, 1.82) is 0 Å². The second-order valence-electron chi connectivity index (χ2n) is 3.24. The average Bonchev–Trinajstić information content (AvgIpc) is 2.25. The van der Waals surface area contributed by atoms with Crippen LogP contribution in [0.5, 0.6) is 0 Å². The molecule has 0 aromatic rings. The third kappa shape index (κ3) is 3.15. The quantitative estimate of drug-likeness (QED) is 0.721. The number of morpholine rings is 1. The molecule has 1 heterocycles. The van der Waals surface area contributed by atoms with Crippen molar-refractivity contribution in [3.05, 3.63) is 0 Å². The van der Waals surface area contributed by atoms with E-state index in [1.54, 1.807) is 16.7 Å². The van der Waals surface area contributed by atoms with Gasteiger partial charge in [-0.1, -0.05) is 0 Å². The number of aliphatic hydroxyl groups is 1. The van der Waals surface area contributed by atoms with Crippen LogP contribution in [0.4, 0.5) is 0 Å². The van der Waals surface area contributed by atoms with E-state index in [4.69, 9.17) is 9.84 Å². The van der Waals surface area contributed by atoms with E-state index in [0.29, 0.717) is 26.2 Å². The number of amides is 1. The summed E-state index contributed by atoms with van der Waals surface area (Å²) in [6.45, 7) is 1.65. The molecule has 0 aromatic carbocycles. The Morgan fingerprint density at radius 1 is 1.71 bits per heavy atom. The number of nitrogens with zero attached hydrogens (tertiary/aromatic N) is 1. The lowest BCUT2D eigenvalue weighted by Gasteiger charge is -2.34. The van der Waals surface area contributed by atoms with Gasteiger partial charge in [-0.3, -0.25) is 4.79 Å². The Bertz CT molecular complexity index is 189. The number of thioether (sulfide) groups is 1. The van der Waals surface area contributed by atoms with Crippen molar-refractivity contribution in [3.63, 3.8) is 0 Å². The van der Waals surface area contributed by atoms with Gasteiger partial charge in [-0.15, -0.1) is 0 Å². The fourth-order valence-corrected chi connectivity index (χ4v) is 1.85. The zero-order valence-electron chi connectivity index (χ0n) is 8.44. The number of carbonyl (C=O) groups excluding carboxylic acids is 1. The zero-order chi connectivity index (χ0) is 10.4. The lowest BCUT2D eigenvalue weighted by molar-refractivity contribution is -0.141. The fourth-order valence-electron chi connectivity index (χ4n) is 1.47. The maximum Gasteiger partial charge on any atom is 0.223 e. The SMILES string of the molecule is CSCCC(=O)N1CCOCC1CO. The summed E-state index contributed by atoms with van der Waals surface area (Å²) >= 11 is 1.66. The zero-order valence-corrected chi connectivity index (χ0v) is 9.26. The molecule has 0 aromatic heterocycles. The van der Waals surface area contributed by atoms with Gasteiger partial charge in [0.05, 0.1) is 25.9 Å². The largest absolute Gasteiger partial charge is 0.394 e. The molecular formula is C9H17NO3S. The normalized spacial score (nSPS) is 22.4. The van der Waals surface area contributed by atoms with Gasteiger partial charge < -0.3 is 14.7 Å². The van der Waals surface area contributed by atoms with E-state index in [1.165, 1.54) is 0 Å². The monoisotopic (exact) mass is 219 g/mol. The highest BCUT2D eigenvalue weighted by Crippen LogP contribution is 2.09. The Morgan fingerprint density at radius 3 is 3.14 bits per heavy atom. The lowest BCUT2D eigenvalue weighted by atomic mass is 10.2. The molecule has 0 saturated carbocycles. The molecule has 1 atom stereocenters. The Balaban J connectivity index is 2.41. The third-order valence-electron chi connectivity index (χ3n) is 2.28. The van der Waals surface area contributed by atoms with Gasteiger partial charge in [-0.2, -0.15) is 11.8 Å². The molecule has 1 aliphatic rings. The molecule has 1 aliphatic heterocycles. The Labute approximate surface area is 88.6 Å². The van der Waals surface area contributed by atoms with E-state index in [2.05, 4.69) is 0 Å². The highest BCUT2D eigenvalue weighted by atomic mass is 32.2. The first-order valence-electron chi connectivity index (χ1n) is 4.76. The maximum absolute atomic E-state index is 11.7. The number of aliphatic hydroxyl groups excluding tert-OH is 1. The van der Waals surface area contributed by atoms with Crippen LogP contribution in [0.25, 0.3) is 0 Å². The molecule has 1 rings (SSSR count). The van der Waals surface area contributed by atoms with E-state index in [1.807, 2.05) is 6.26 Å². The van der Waals surface area contributed by atoms with Crippen molar-refractivity contribution >= 4 is 17.7 Å². The van der Waals surface area contributed by atoms with Gasteiger partial charge in [-0.05, 0) is 6.26 Å². The van der Waals surface area contributed by atoms with Crippen LogP contribution in [0.3, 0.4) is 0 Å². The smallest absolute Gasteiger partial charge is 0.223 e. The summed E-state index contributed by atoms with van der Waals surface area (Å²) in [6.07, 6.45) is 2.54. The Morgan fingerprint density at radius 2 is 2.50 bits per heavy atom. The summed E-state index contributed by atoms with van der Waals surface area (Å²) in [5, 5.41) is 9.06. The highest BCUT2D eigenvalue weighted by Gasteiger charge is 2.25. The predicted octanol–water partition coefficient (Wildman–Crippen LogP) is -0.0408. The van der Waals surface area contributed by atoms with Crippen LogP contribution in [0.2, 0.25) is 0 Å². The molecule has 14 heavy (non-hydrogen) atoms. The first-order chi connectivity index (χ1) is 6.79. The van der Waals surface area contributed by atoms with E-state index < -0.39 is 0 Å². The van der Waals surface area contributed by atoms with Crippen LogP contribution >= 0.6 is 11.8 Å². The minimum atomic E-state index is -0.141. The van der Waals surface area contributed by atoms with Crippen LogP contribution < -0.4 is 0 Å². The first kappa shape index (κ1) is 11.8. The van der Waals surface area contributed by atoms with Crippen LogP contribution in [0.1, 0.15) is 6.42 Å². The molecule has 1 unspecified atom stereocenters. The second-order valence-corrected chi connectivity index (χ2v) is 4.23. The van der Waals surface area contributed by atoms with Gasteiger partial charge in [0, 0.05) is 18.7 Å². The first-order valence-corrected chi connectivity index (χ1v) is 6.16. The molecule has 0 radical (unpaired) electrons. The van der Waals surface area contributed by atoms with Gasteiger partial charge >= 0.3 is 0 Å². The van der Waals surface area contributed by atoms with Crippen LogP contribution in [0.15, 0.2) is 0 Å². The molecule has 5 heteroatoms. The minimum Gasteiger partial charge on any atom is -0.394 e. The number of rotatable bonds is 4. The fraction of sp³-hybridized carbons (Fsp3) is 0.889. The summed E-state index contributed by atoms with van der Waals surface area (Å²) in [7, 11) is 0. The van der Waals surface area contributed by atoms with Crippen molar-refractivity contribution < 1.29 is 14.6 Å². The lowest BCUT2D eigenvalue weighted by Crippen LogP contribution is -2.50. The molecule has 82 valence electrons. The van der Waals surface area contributed by atoms with Crippen molar-refractivity contribution in [1.82, 2.24) is 4.90 Å². The summed E-state index contributed by atoms with van der Waals surface area (Å²) in [5.41, 5.74) is 0. The van der Waals surface area contributed by atoms with E-state index in [9.17, 15) is 4.79 Å². The van der Waals surface area contributed by atoms with E-state index in [0.717, 1.165) is 5.75 Å². The summed E-state index contributed by atoms with van der Waals surface area (Å²) in [4.78, 5) is 13.4. The van der Waals surface area contributed by atoms with Gasteiger partial charge in [0.25, 0.3) is 0 Å². The van der Waals surface area contributed by atoms with E-state index >= 15 is 0 Å². The van der Waals surface area contributed by atoms with Crippen molar-refractivity contribution in [3.8, 4) is 0 Å². The van der Waals surface area contributed by atoms with Gasteiger partial charge in [0.1, 0.15) is 0 Å². The second kappa shape index (κ2) is 6.27. The van der Waals surface area contributed by atoms with Crippen molar-refractivity contribution in [2.24, 2.45) is 0 Å². The van der Waals surface area contributed by atoms with E-state index in [-0.39, 0.29) is 18.6 Å². The van der Waals surface area contributed by atoms with Crippen LogP contribution in [-0.4, -0.2) is 60.3 Å². The average molecular weight is 219 g/mol. The molecule has 1 saturated heterocycles. The maximum atomic E-state index is 11.7. The number of carbonyl (C=O) groups is 1. The predicted molar refractivity (Wildman–Crippen MR) is 56.4 cm³/mol. The molecule has 4 nitrogen and oxygen atoms in total. The summed E-state index contributed by atoms with van der Waals surface area (Å²) in [6, 6.07) is -0.141. The Hall–Kier alpha value is -0.260. The van der Waals surface area contributed by atoms with Crippen molar-refractivity contribution in [2.75, 3.05) is 38.4 Å². The topological polar surface area (TPSA) is 49.8 Å². The van der Waals surface area contributed by atoms with Crippen molar-refractivity contribution in [2.45, 2.75) is 12.5 Å². The molecule has 1 amide bonds. The van der Waals surface area contributed by atoms with Gasteiger partial charge in [-0.25, -0.2) is 0 Å². The molecular weight excluding hydrogens is 202 g/mol. The third-order valence-corrected chi connectivity index (χ3v) is 2.89. The van der Waals surface area contributed by atoms with Crippen LogP contribution in [0, 0.1) is 0 Å². The summed E-state index contributed by atoms with van der Waals surface area (Å²) in [5.74, 6) is 0.968. The molecule has 1 N–H and O–H groups in total. The number of ether oxygens (including phenoxy) is 1. The Kier molecular flexibility index (Phi) is 5.29. The number of hydrogen-bond donors (Lipinski definition) is 1. The minimum absolute atomic E-state index is 0.00892. The molecule has 1 fully saturated rings. The summed E-state index contributed by atoms with van der Waals surface area (Å²) < 4.78 is 5.20. The molecule has 0 bridgehead atoms. The van der Waals surface area contributed by atoms with Gasteiger partial charge in [0.15, 0.2) is 0 Å². The van der Waals surface area contributed by atoms with Gasteiger partial charge in [0.2, 0.25) is 5.91 Å². The van der Waals surface area contributed by atoms with Crippen LogP contribution in [-0.2, 0) is 9.53 Å². The molecule has 0 aliphatic carbocycles. The standard InChI is InChI=1S/C9H17NO3S/c1-14-5-2-9(12)10-3-4-13-7-8(10)6-11/h8,11H,2-7H2,1H3.